The van der Waals surface area contributed by atoms with E-state index in [1.54, 1.807) is 0 Å². The molecule has 13 heavy (non-hydrogen) atoms. The first-order valence-corrected chi connectivity index (χ1v) is 4.42. The maximum Gasteiger partial charge on any atom is 0.132 e. The molecule has 0 amide bonds. The number of hydrogen-bond donors (Lipinski definition) is 0. The van der Waals surface area contributed by atoms with Crippen LogP contribution in [-0.2, 0) is 0 Å². The Kier molecular flexibility index (Phi) is 1.73. The molecule has 2 rings (SSSR count). The van der Waals surface area contributed by atoms with Gasteiger partial charge in [0, 0.05) is 0 Å². The van der Waals surface area contributed by atoms with Crippen molar-refractivity contribution >= 4 is 18.5 Å². The highest BCUT2D eigenvalue weighted by atomic mass is 15.0. The number of rotatable bonds is 0. The molecular formula is C12H13N. The second-order valence-corrected chi connectivity index (χ2v) is 3.42. The topological polar surface area (TPSA) is 3.01 Å². The predicted molar refractivity (Wildman–Crippen MR) is 56.2 cm³/mol. The van der Waals surface area contributed by atoms with Gasteiger partial charge in [0.05, 0.1) is 12.8 Å². The number of para-hydroxylation sites is 1. The van der Waals surface area contributed by atoms with Crippen LogP contribution in [0.1, 0.15) is 18.1 Å². The first-order chi connectivity index (χ1) is 6.20. The summed E-state index contributed by atoms with van der Waals surface area (Å²) in [6.45, 7) is 8.21. The van der Waals surface area contributed by atoms with E-state index in [0.717, 1.165) is 0 Å². The predicted octanol–water partition coefficient (Wildman–Crippen LogP) is 2.92. The van der Waals surface area contributed by atoms with E-state index in [9.17, 15) is 0 Å². The SMILES string of the molecule is C=[N+]1c2c(C)cccc2C=C[C-]1C. The highest BCUT2D eigenvalue weighted by molar-refractivity contribution is 5.67. The fraction of sp³-hybridized carbons (Fsp3) is 0.167. The van der Waals surface area contributed by atoms with Gasteiger partial charge in [-0.1, -0.05) is 24.3 Å². The van der Waals surface area contributed by atoms with Gasteiger partial charge in [0.15, 0.2) is 0 Å². The van der Waals surface area contributed by atoms with Gasteiger partial charge in [-0.05, 0) is 25.0 Å². The number of fused-ring (bicyclic) bond motifs is 1. The van der Waals surface area contributed by atoms with Crippen molar-refractivity contribution in [2.75, 3.05) is 0 Å². The van der Waals surface area contributed by atoms with Gasteiger partial charge in [-0.25, -0.2) is 0 Å². The van der Waals surface area contributed by atoms with E-state index in [0.29, 0.717) is 0 Å². The third kappa shape index (κ3) is 1.17. The van der Waals surface area contributed by atoms with E-state index in [-0.39, 0.29) is 0 Å². The van der Waals surface area contributed by atoms with E-state index in [1.165, 1.54) is 22.9 Å². The number of hydrogen-bond acceptors (Lipinski definition) is 0. The summed E-state index contributed by atoms with van der Waals surface area (Å²) in [5, 5.41) is 0. The minimum absolute atomic E-state index is 1.18. The molecule has 0 N–H and O–H groups in total. The van der Waals surface area contributed by atoms with Crippen molar-refractivity contribution in [1.82, 2.24) is 0 Å². The Morgan fingerprint density at radius 3 is 2.92 bits per heavy atom. The van der Waals surface area contributed by atoms with E-state index in [2.05, 4.69) is 50.9 Å². The molecule has 1 aromatic carbocycles. The maximum absolute atomic E-state index is 4.03. The molecule has 1 heterocycles. The van der Waals surface area contributed by atoms with Crippen molar-refractivity contribution in [3.63, 3.8) is 0 Å². The average Bonchev–Trinajstić information content (AvgIpc) is 2.12. The summed E-state index contributed by atoms with van der Waals surface area (Å²) in [6, 6.07) is 7.49. The minimum Gasteiger partial charge on any atom is -0.292 e. The van der Waals surface area contributed by atoms with Gasteiger partial charge >= 0.3 is 0 Å². The van der Waals surface area contributed by atoms with Gasteiger partial charge in [-0.2, -0.15) is 0 Å². The van der Waals surface area contributed by atoms with Gasteiger partial charge in [0.1, 0.15) is 5.69 Å². The molecule has 0 aliphatic carbocycles. The Morgan fingerprint density at radius 2 is 2.15 bits per heavy atom. The summed E-state index contributed by atoms with van der Waals surface area (Å²) in [7, 11) is 0. The van der Waals surface area contributed by atoms with Crippen LogP contribution >= 0.6 is 0 Å². The largest absolute Gasteiger partial charge is 0.292 e. The summed E-state index contributed by atoms with van der Waals surface area (Å²) in [5.74, 6) is 0. The fourth-order valence-corrected chi connectivity index (χ4v) is 1.66. The molecule has 1 aliphatic heterocycles. The third-order valence-electron chi connectivity index (χ3n) is 2.47. The van der Waals surface area contributed by atoms with Gasteiger partial charge in [-0.3, -0.25) is 4.58 Å². The van der Waals surface area contributed by atoms with Crippen LogP contribution in [0.4, 0.5) is 5.69 Å². The van der Waals surface area contributed by atoms with E-state index in [1.807, 2.05) is 4.58 Å². The summed E-state index contributed by atoms with van der Waals surface area (Å²) >= 11 is 0. The van der Waals surface area contributed by atoms with Gasteiger partial charge in [0.2, 0.25) is 0 Å². The molecule has 0 aromatic heterocycles. The monoisotopic (exact) mass is 171 g/mol. The molecule has 1 aliphatic rings. The van der Waals surface area contributed by atoms with Gasteiger partial charge in [-0.15, -0.1) is 6.08 Å². The lowest BCUT2D eigenvalue weighted by Crippen LogP contribution is -2.11. The lowest BCUT2D eigenvalue weighted by molar-refractivity contribution is -0.406. The van der Waals surface area contributed by atoms with Crippen LogP contribution < -0.4 is 0 Å². The highest BCUT2D eigenvalue weighted by Gasteiger charge is 2.15. The van der Waals surface area contributed by atoms with Crippen LogP contribution in [-0.4, -0.2) is 11.3 Å². The summed E-state index contributed by atoms with van der Waals surface area (Å²) < 4.78 is 1.99. The Morgan fingerprint density at radius 1 is 1.38 bits per heavy atom. The van der Waals surface area contributed by atoms with E-state index in [4.69, 9.17) is 0 Å². The lowest BCUT2D eigenvalue weighted by Gasteiger charge is -2.21. The summed E-state index contributed by atoms with van der Waals surface area (Å²) in [4.78, 5) is 0. The third-order valence-corrected chi connectivity index (χ3v) is 2.47. The molecule has 0 spiro atoms. The first-order valence-electron chi connectivity index (χ1n) is 4.42. The van der Waals surface area contributed by atoms with Crippen LogP contribution in [0.3, 0.4) is 0 Å². The highest BCUT2D eigenvalue weighted by Crippen LogP contribution is 2.31. The molecule has 1 nitrogen and oxygen atoms in total. The van der Waals surface area contributed by atoms with Crippen LogP contribution in [0.5, 0.6) is 0 Å². The van der Waals surface area contributed by atoms with Crippen LogP contribution in [0.2, 0.25) is 0 Å². The number of nitrogens with zero attached hydrogens (tertiary/aromatic N) is 1. The Bertz CT molecular complexity index is 388. The van der Waals surface area contributed by atoms with Crippen LogP contribution in [0.25, 0.3) is 6.08 Å². The molecule has 0 atom stereocenters. The van der Waals surface area contributed by atoms with Crippen molar-refractivity contribution in [3.05, 3.63) is 41.4 Å². The average molecular weight is 171 g/mol. The molecule has 0 bridgehead atoms. The number of benzene rings is 1. The fourth-order valence-electron chi connectivity index (χ4n) is 1.66. The molecule has 66 valence electrons. The molecule has 0 saturated carbocycles. The van der Waals surface area contributed by atoms with Crippen LogP contribution in [0, 0.1) is 13.0 Å². The van der Waals surface area contributed by atoms with Gasteiger partial charge in [0.25, 0.3) is 0 Å². The summed E-state index contributed by atoms with van der Waals surface area (Å²) in [5.41, 5.74) is 3.75. The first kappa shape index (κ1) is 8.11. The molecule has 0 unspecified atom stereocenters. The van der Waals surface area contributed by atoms with Crippen molar-refractivity contribution in [3.8, 4) is 0 Å². The van der Waals surface area contributed by atoms with E-state index >= 15 is 0 Å². The van der Waals surface area contributed by atoms with E-state index < -0.39 is 0 Å². The zero-order valence-corrected chi connectivity index (χ0v) is 8.04. The van der Waals surface area contributed by atoms with Crippen molar-refractivity contribution in [2.45, 2.75) is 13.8 Å². The second kappa shape index (κ2) is 2.77. The Balaban J connectivity index is 2.67. The smallest absolute Gasteiger partial charge is 0.132 e. The van der Waals surface area contributed by atoms with Gasteiger partial charge < -0.3 is 0 Å². The quantitative estimate of drug-likeness (QED) is 0.417. The van der Waals surface area contributed by atoms with Crippen molar-refractivity contribution < 1.29 is 4.58 Å². The van der Waals surface area contributed by atoms with Crippen molar-refractivity contribution in [2.24, 2.45) is 0 Å². The maximum atomic E-state index is 4.03. The molecule has 1 heteroatoms. The molecule has 0 fully saturated rings. The molecular weight excluding hydrogens is 158 g/mol. The number of aryl methyl sites for hydroxylation is 1. The standard InChI is InChI=1S/C12H13N/c1-9-5-4-6-11-8-7-10(2)13(3)12(9)11/h4-8H,3H2,1-2H3. The lowest BCUT2D eigenvalue weighted by atomic mass is 10.0. The summed E-state index contributed by atoms with van der Waals surface area (Å²) in [6.07, 6.45) is 4.23. The molecule has 0 saturated heterocycles. The van der Waals surface area contributed by atoms with Crippen LogP contribution in [0.15, 0.2) is 24.3 Å². The normalized spacial score (nSPS) is 14.6. The molecule has 1 aromatic rings. The van der Waals surface area contributed by atoms with Crippen molar-refractivity contribution in [1.29, 1.82) is 0 Å². The molecule has 0 radical (unpaired) electrons. The zero-order chi connectivity index (χ0) is 9.42. The second-order valence-electron chi connectivity index (χ2n) is 3.42. The Hall–Kier alpha value is -1.50. The minimum atomic E-state index is 1.18. The Labute approximate surface area is 79.0 Å². The zero-order valence-electron chi connectivity index (χ0n) is 8.04.